The molecule has 0 aliphatic rings. The molecular weight excluding hydrogens is 448 g/mol. The zero-order valence-electron chi connectivity index (χ0n) is 17.0. The smallest absolute Gasteiger partial charge is 0.257 e. The number of carbonyl (C=O) groups excluding carboxylic acids is 1. The minimum Gasteiger partial charge on any atom is -0.322 e. The highest BCUT2D eigenvalue weighted by Crippen LogP contribution is 2.33. The van der Waals surface area contributed by atoms with E-state index in [1.807, 2.05) is 30.3 Å². The fourth-order valence-electron chi connectivity index (χ4n) is 3.14. The third-order valence-corrected chi connectivity index (χ3v) is 6.43. The van der Waals surface area contributed by atoms with Crippen LogP contribution in [0.25, 0.3) is 22.0 Å². The Morgan fingerprint density at radius 3 is 2.59 bits per heavy atom. The van der Waals surface area contributed by atoms with Gasteiger partial charge in [-0.3, -0.25) is 14.5 Å². The highest BCUT2D eigenvalue weighted by Gasteiger charge is 2.13. The van der Waals surface area contributed by atoms with Crippen LogP contribution in [0.3, 0.4) is 0 Å². The number of nitrogens with zero attached hydrogens (tertiary/aromatic N) is 2. The Labute approximate surface area is 190 Å². The van der Waals surface area contributed by atoms with E-state index >= 15 is 0 Å². The lowest BCUT2D eigenvalue weighted by molar-refractivity contribution is 0.102. The van der Waals surface area contributed by atoms with Gasteiger partial charge in [0.15, 0.2) is 0 Å². The molecule has 0 radical (unpaired) electrons. The van der Waals surface area contributed by atoms with Crippen molar-refractivity contribution < 1.29 is 13.2 Å². The van der Waals surface area contributed by atoms with Crippen molar-refractivity contribution in [2.45, 2.75) is 6.92 Å². The highest BCUT2D eigenvalue weighted by atomic mass is 35.5. The minimum atomic E-state index is -3.44. The predicted octanol–water partition coefficient (Wildman–Crippen LogP) is 4.96. The molecule has 2 aromatic carbocycles. The molecule has 0 fully saturated rings. The minimum absolute atomic E-state index is 0.0681. The number of hydrogen-bond donors (Lipinski definition) is 2. The van der Waals surface area contributed by atoms with Crippen molar-refractivity contribution in [2.24, 2.45) is 0 Å². The van der Waals surface area contributed by atoms with Gasteiger partial charge in [0.05, 0.1) is 22.0 Å². The summed E-state index contributed by atoms with van der Waals surface area (Å²) >= 11 is 6.45. The summed E-state index contributed by atoms with van der Waals surface area (Å²) in [5.41, 5.74) is 2.24. The van der Waals surface area contributed by atoms with Gasteiger partial charge in [-0.1, -0.05) is 35.9 Å². The van der Waals surface area contributed by atoms with Crippen LogP contribution in [0.5, 0.6) is 0 Å². The second kappa shape index (κ2) is 8.94. The van der Waals surface area contributed by atoms with E-state index in [9.17, 15) is 13.2 Å². The van der Waals surface area contributed by atoms with E-state index in [0.29, 0.717) is 16.3 Å². The van der Waals surface area contributed by atoms with Gasteiger partial charge in [-0.2, -0.15) is 0 Å². The largest absolute Gasteiger partial charge is 0.322 e. The van der Waals surface area contributed by atoms with E-state index in [2.05, 4.69) is 20.0 Å². The Kier molecular flexibility index (Phi) is 6.07. The van der Waals surface area contributed by atoms with Crippen molar-refractivity contribution in [1.29, 1.82) is 0 Å². The first-order valence-corrected chi connectivity index (χ1v) is 11.8. The van der Waals surface area contributed by atoms with Crippen LogP contribution in [-0.2, 0) is 10.0 Å². The number of benzene rings is 2. The first kappa shape index (κ1) is 21.7. The van der Waals surface area contributed by atoms with Crippen molar-refractivity contribution in [3.05, 3.63) is 83.6 Å². The molecule has 0 spiro atoms. The van der Waals surface area contributed by atoms with E-state index in [0.717, 1.165) is 16.5 Å². The van der Waals surface area contributed by atoms with Crippen LogP contribution in [-0.4, -0.2) is 30.0 Å². The monoisotopic (exact) mass is 466 g/mol. The summed E-state index contributed by atoms with van der Waals surface area (Å²) < 4.78 is 25.6. The number of pyridine rings is 2. The fraction of sp³-hybridized carbons (Fsp3) is 0.0870. The number of fused-ring (bicyclic) bond motifs is 1. The van der Waals surface area contributed by atoms with Crippen LogP contribution in [0.1, 0.15) is 17.3 Å². The molecule has 2 N–H and O–H groups in total. The Morgan fingerprint density at radius 1 is 1.03 bits per heavy atom. The Morgan fingerprint density at radius 2 is 1.84 bits per heavy atom. The topological polar surface area (TPSA) is 101 Å². The molecule has 0 saturated heterocycles. The molecular formula is C23H19ClN4O3S. The molecule has 0 unspecified atom stereocenters. The Hall–Kier alpha value is -3.49. The van der Waals surface area contributed by atoms with E-state index in [1.54, 1.807) is 24.4 Å². The van der Waals surface area contributed by atoms with Crippen molar-refractivity contribution in [3.63, 3.8) is 0 Å². The Bertz CT molecular complexity index is 1400. The normalized spacial score (nSPS) is 11.3. The number of sulfonamides is 1. The lowest BCUT2D eigenvalue weighted by Crippen LogP contribution is -2.16. The van der Waals surface area contributed by atoms with Gasteiger partial charge in [-0.15, -0.1) is 0 Å². The van der Waals surface area contributed by atoms with Crippen molar-refractivity contribution >= 4 is 49.8 Å². The molecule has 2 heterocycles. The molecule has 2 aromatic heterocycles. The lowest BCUT2D eigenvalue weighted by Gasteiger charge is -2.11. The maximum absolute atomic E-state index is 12.7. The molecule has 9 heteroatoms. The maximum Gasteiger partial charge on any atom is 0.257 e. The molecule has 0 atom stereocenters. The van der Waals surface area contributed by atoms with E-state index in [1.165, 1.54) is 25.3 Å². The summed E-state index contributed by atoms with van der Waals surface area (Å²) in [6, 6.07) is 17.9. The molecule has 0 saturated carbocycles. The third-order valence-electron chi connectivity index (χ3n) is 4.82. The second-order valence-corrected chi connectivity index (χ2v) is 9.39. The van der Waals surface area contributed by atoms with Crippen molar-refractivity contribution in [3.8, 4) is 11.3 Å². The molecule has 0 bridgehead atoms. The summed E-state index contributed by atoms with van der Waals surface area (Å²) in [4.78, 5) is 21.2. The summed E-state index contributed by atoms with van der Waals surface area (Å²) in [6.45, 7) is 1.53. The zero-order chi connectivity index (χ0) is 22.7. The Balaban J connectivity index is 1.59. The molecule has 1 amide bonds. The average Bonchev–Trinajstić information content (AvgIpc) is 2.80. The third kappa shape index (κ3) is 4.71. The van der Waals surface area contributed by atoms with E-state index in [-0.39, 0.29) is 23.0 Å². The van der Waals surface area contributed by atoms with Gasteiger partial charge in [0.25, 0.3) is 5.91 Å². The maximum atomic E-state index is 12.7. The number of nitrogens with one attached hydrogen (secondary N) is 2. The number of rotatable bonds is 6. The number of carbonyl (C=O) groups is 1. The van der Waals surface area contributed by atoms with Crippen molar-refractivity contribution in [1.82, 2.24) is 9.97 Å². The average molecular weight is 467 g/mol. The highest BCUT2D eigenvalue weighted by molar-refractivity contribution is 7.92. The molecule has 7 nitrogen and oxygen atoms in total. The zero-order valence-corrected chi connectivity index (χ0v) is 18.6. The standard InChI is InChI=1S/C23H19ClN4O3S/c1-2-32(30,31)28-21-10-7-16(14-26-21)23(29)27-17-8-9-20(24)19(13-17)22-18-6-4-3-5-15(18)11-12-25-22/h3-14H,2H2,1H3,(H,26,28)(H,27,29). The van der Waals surface area contributed by atoms with Gasteiger partial charge in [0.1, 0.15) is 5.82 Å². The van der Waals surface area contributed by atoms with Gasteiger partial charge in [0.2, 0.25) is 10.0 Å². The van der Waals surface area contributed by atoms with Crippen LogP contribution < -0.4 is 10.0 Å². The van der Waals surface area contributed by atoms with Gasteiger partial charge in [-0.05, 0) is 48.7 Å². The molecule has 4 aromatic rings. The van der Waals surface area contributed by atoms with Gasteiger partial charge in [0, 0.05) is 29.0 Å². The van der Waals surface area contributed by atoms with Gasteiger partial charge in [-0.25, -0.2) is 13.4 Å². The molecule has 0 aliphatic carbocycles. The van der Waals surface area contributed by atoms with Crippen LogP contribution in [0.2, 0.25) is 5.02 Å². The molecule has 162 valence electrons. The van der Waals surface area contributed by atoms with E-state index < -0.39 is 10.0 Å². The molecule has 4 rings (SSSR count). The van der Waals surface area contributed by atoms with Crippen LogP contribution in [0.4, 0.5) is 11.5 Å². The number of amides is 1. The summed E-state index contributed by atoms with van der Waals surface area (Å²) in [5.74, 6) is -0.303. The predicted molar refractivity (Wildman–Crippen MR) is 127 cm³/mol. The van der Waals surface area contributed by atoms with Gasteiger partial charge < -0.3 is 5.32 Å². The van der Waals surface area contributed by atoms with Crippen LogP contribution >= 0.6 is 11.6 Å². The number of halogens is 1. The first-order valence-electron chi connectivity index (χ1n) is 9.78. The number of hydrogen-bond acceptors (Lipinski definition) is 5. The summed E-state index contributed by atoms with van der Waals surface area (Å²) in [5, 5.41) is 5.32. The lowest BCUT2D eigenvalue weighted by atomic mass is 10.0. The van der Waals surface area contributed by atoms with Crippen LogP contribution in [0, 0.1) is 0 Å². The van der Waals surface area contributed by atoms with Crippen molar-refractivity contribution in [2.75, 3.05) is 15.8 Å². The second-order valence-electron chi connectivity index (χ2n) is 6.97. The SMILES string of the molecule is CCS(=O)(=O)Nc1ccc(C(=O)Nc2ccc(Cl)c(-c3nccc4ccccc34)c2)cn1. The van der Waals surface area contributed by atoms with Gasteiger partial charge >= 0.3 is 0 Å². The van der Waals surface area contributed by atoms with Crippen LogP contribution in [0.15, 0.2) is 73.1 Å². The summed E-state index contributed by atoms with van der Waals surface area (Å²) in [7, 11) is -3.44. The quantitative estimate of drug-likeness (QED) is 0.418. The van der Waals surface area contributed by atoms with E-state index in [4.69, 9.17) is 11.6 Å². The number of anilines is 2. The summed E-state index contributed by atoms with van der Waals surface area (Å²) in [6.07, 6.45) is 3.03. The number of aromatic nitrogens is 2. The first-order chi connectivity index (χ1) is 15.4. The molecule has 0 aliphatic heterocycles. The molecule has 32 heavy (non-hydrogen) atoms. The fourth-order valence-corrected chi connectivity index (χ4v) is 3.93.